The van der Waals surface area contributed by atoms with Crippen molar-refractivity contribution >= 4 is 0 Å². The molecule has 3 nitrogen and oxygen atoms in total. The van der Waals surface area contributed by atoms with E-state index in [4.69, 9.17) is 4.74 Å². The molecule has 3 heteroatoms. The third kappa shape index (κ3) is 4.14. The van der Waals surface area contributed by atoms with Crippen molar-refractivity contribution in [1.82, 2.24) is 0 Å². The fourth-order valence-corrected chi connectivity index (χ4v) is 3.83. The molecule has 0 aromatic heterocycles. The van der Waals surface area contributed by atoms with E-state index in [1.165, 1.54) is 0 Å². The average Bonchev–Trinajstić information content (AvgIpc) is 2.53. The molecule has 0 amide bonds. The number of aliphatic hydroxyl groups excluding tert-OH is 1. The smallest absolute Gasteiger partial charge is 0.0770 e. The maximum Gasteiger partial charge on any atom is 0.0770 e. The summed E-state index contributed by atoms with van der Waals surface area (Å²) in [5, 5.41) is 21.9. The zero-order valence-corrected chi connectivity index (χ0v) is 14.8. The summed E-state index contributed by atoms with van der Waals surface area (Å²) in [6.07, 6.45) is 4.16. The molecule has 0 unspecified atom stereocenters. The SMILES string of the molecule is C[C@@H](COCc1ccccc1)[C@]1(O)CCCCC[C@@H](O)C1(C)C. The van der Waals surface area contributed by atoms with Crippen molar-refractivity contribution in [3.63, 3.8) is 0 Å². The van der Waals surface area contributed by atoms with Crippen LogP contribution in [0.4, 0.5) is 0 Å². The summed E-state index contributed by atoms with van der Waals surface area (Å²) in [5.41, 5.74) is -0.282. The summed E-state index contributed by atoms with van der Waals surface area (Å²) in [7, 11) is 0. The lowest BCUT2D eigenvalue weighted by Crippen LogP contribution is -2.57. The van der Waals surface area contributed by atoms with E-state index >= 15 is 0 Å². The first-order valence-electron chi connectivity index (χ1n) is 8.90. The summed E-state index contributed by atoms with van der Waals surface area (Å²) in [6, 6.07) is 10.1. The molecule has 2 N–H and O–H groups in total. The van der Waals surface area contributed by atoms with E-state index < -0.39 is 17.1 Å². The summed E-state index contributed by atoms with van der Waals surface area (Å²) >= 11 is 0. The van der Waals surface area contributed by atoms with Crippen molar-refractivity contribution in [2.45, 2.75) is 71.2 Å². The molecule has 3 atom stereocenters. The van der Waals surface area contributed by atoms with E-state index in [1.54, 1.807) is 0 Å². The lowest BCUT2D eigenvalue weighted by Gasteiger charge is -2.50. The maximum absolute atomic E-state index is 11.4. The van der Waals surface area contributed by atoms with Crippen molar-refractivity contribution in [2.75, 3.05) is 6.61 Å². The van der Waals surface area contributed by atoms with Gasteiger partial charge in [0.05, 0.1) is 24.9 Å². The van der Waals surface area contributed by atoms with Gasteiger partial charge in [0.2, 0.25) is 0 Å². The Hall–Kier alpha value is -0.900. The number of ether oxygens (including phenoxy) is 1. The molecule has 1 aliphatic carbocycles. The fraction of sp³-hybridized carbons (Fsp3) is 0.700. The van der Waals surface area contributed by atoms with Crippen molar-refractivity contribution in [1.29, 1.82) is 0 Å². The molecule has 0 heterocycles. The van der Waals surface area contributed by atoms with Crippen LogP contribution in [-0.2, 0) is 11.3 Å². The van der Waals surface area contributed by atoms with Gasteiger partial charge in [0.25, 0.3) is 0 Å². The van der Waals surface area contributed by atoms with Crippen LogP contribution in [0.3, 0.4) is 0 Å². The Morgan fingerprint density at radius 2 is 1.87 bits per heavy atom. The van der Waals surface area contributed by atoms with Gasteiger partial charge in [-0.1, -0.05) is 70.4 Å². The fourth-order valence-electron chi connectivity index (χ4n) is 3.83. The topological polar surface area (TPSA) is 49.7 Å². The van der Waals surface area contributed by atoms with E-state index in [0.29, 0.717) is 13.2 Å². The number of hydrogen-bond donors (Lipinski definition) is 2. The molecule has 0 spiro atoms. The van der Waals surface area contributed by atoms with Gasteiger partial charge in [-0.3, -0.25) is 0 Å². The predicted molar refractivity (Wildman–Crippen MR) is 93.1 cm³/mol. The summed E-state index contributed by atoms with van der Waals surface area (Å²) in [6.45, 7) is 7.10. The van der Waals surface area contributed by atoms with Crippen LogP contribution in [0.5, 0.6) is 0 Å². The van der Waals surface area contributed by atoms with Gasteiger partial charge >= 0.3 is 0 Å². The molecular weight excluding hydrogens is 288 g/mol. The lowest BCUT2D eigenvalue weighted by molar-refractivity contribution is -0.177. The van der Waals surface area contributed by atoms with Crippen LogP contribution in [0.15, 0.2) is 30.3 Å². The largest absolute Gasteiger partial charge is 0.392 e. The number of rotatable bonds is 5. The quantitative estimate of drug-likeness (QED) is 0.864. The molecule has 1 saturated carbocycles. The molecule has 0 bridgehead atoms. The minimum atomic E-state index is -0.899. The van der Waals surface area contributed by atoms with Crippen LogP contribution in [0.1, 0.15) is 58.4 Å². The van der Waals surface area contributed by atoms with Crippen LogP contribution in [-0.4, -0.2) is 28.5 Å². The van der Waals surface area contributed by atoms with E-state index in [9.17, 15) is 10.2 Å². The standard InChI is InChI=1S/C20H32O3/c1-16(14-23-15-17-10-6-4-7-11-17)20(22)13-9-5-8-12-18(21)19(20,2)3/h4,6-7,10-11,16,18,21-22H,5,8-9,12-15H2,1-3H3/t16-,18+,20+/m0/s1. The highest BCUT2D eigenvalue weighted by Gasteiger charge is 2.51. The molecule has 23 heavy (non-hydrogen) atoms. The second-order valence-electron chi connectivity index (χ2n) is 7.66. The van der Waals surface area contributed by atoms with Crippen molar-refractivity contribution in [3.05, 3.63) is 35.9 Å². The Balaban J connectivity index is 2.00. The number of benzene rings is 1. The Morgan fingerprint density at radius 3 is 2.57 bits per heavy atom. The highest BCUT2D eigenvalue weighted by Crippen LogP contribution is 2.46. The second-order valence-corrected chi connectivity index (χ2v) is 7.66. The third-order valence-corrected chi connectivity index (χ3v) is 5.78. The third-order valence-electron chi connectivity index (χ3n) is 5.78. The first-order chi connectivity index (χ1) is 10.9. The van der Waals surface area contributed by atoms with Gasteiger partial charge in [-0.2, -0.15) is 0 Å². The first-order valence-corrected chi connectivity index (χ1v) is 8.90. The molecular formula is C20H32O3. The van der Waals surface area contributed by atoms with Gasteiger partial charge in [0, 0.05) is 11.3 Å². The van der Waals surface area contributed by atoms with Gasteiger partial charge in [-0.05, 0) is 18.4 Å². The minimum Gasteiger partial charge on any atom is -0.392 e. The zero-order chi connectivity index (χ0) is 16.9. The zero-order valence-electron chi connectivity index (χ0n) is 14.8. The van der Waals surface area contributed by atoms with Crippen molar-refractivity contribution < 1.29 is 14.9 Å². The molecule has 1 aromatic rings. The van der Waals surface area contributed by atoms with E-state index in [-0.39, 0.29) is 5.92 Å². The van der Waals surface area contributed by atoms with Crippen LogP contribution in [0.25, 0.3) is 0 Å². The Kier molecular flexibility index (Phi) is 6.24. The van der Waals surface area contributed by atoms with E-state index in [0.717, 1.165) is 37.7 Å². The summed E-state index contributed by atoms with van der Waals surface area (Å²) in [4.78, 5) is 0. The summed E-state index contributed by atoms with van der Waals surface area (Å²) in [5.74, 6) is -0.0195. The minimum absolute atomic E-state index is 0.0195. The molecule has 0 saturated heterocycles. The van der Waals surface area contributed by atoms with Gasteiger partial charge < -0.3 is 14.9 Å². The van der Waals surface area contributed by atoms with Crippen molar-refractivity contribution in [3.8, 4) is 0 Å². The average molecular weight is 320 g/mol. The monoisotopic (exact) mass is 320 g/mol. The van der Waals surface area contributed by atoms with Gasteiger partial charge in [0.15, 0.2) is 0 Å². The number of aliphatic hydroxyl groups is 2. The van der Waals surface area contributed by atoms with Crippen LogP contribution in [0, 0.1) is 11.3 Å². The molecule has 0 aliphatic heterocycles. The Bertz CT molecular complexity index is 471. The molecule has 130 valence electrons. The summed E-state index contributed by atoms with van der Waals surface area (Å²) < 4.78 is 5.86. The highest BCUT2D eigenvalue weighted by molar-refractivity contribution is 5.13. The Labute approximate surface area is 140 Å². The number of hydrogen-bond acceptors (Lipinski definition) is 3. The molecule has 0 radical (unpaired) electrons. The van der Waals surface area contributed by atoms with Gasteiger partial charge in [-0.25, -0.2) is 0 Å². The Morgan fingerprint density at radius 1 is 1.17 bits per heavy atom. The van der Waals surface area contributed by atoms with Gasteiger partial charge in [0.1, 0.15) is 0 Å². The molecule has 2 rings (SSSR count). The molecule has 1 aliphatic rings. The predicted octanol–water partition coefficient (Wildman–Crippen LogP) is 3.92. The van der Waals surface area contributed by atoms with Crippen molar-refractivity contribution in [2.24, 2.45) is 11.3 Å². The molecule has 1 aromatic carbocycles. The highest BCUT2D eigenvalue weighted by atomic mass is 16.5. The van der Waals surface area contributed by atoms with Crippen LogP contribution < -0.4 is 0 Å². The van der Waals surface area contributed by atoms with Crippen LogP contribution in [0.2, 0.25) is 0 Å². The normalized spacial score (nSPS) is 29.5. The second kappa shape index (κ2) is 7.78. The van der Waals surface area contributed by atoms with Crippen LogP contribution >= 0.6 is 0 Å². The maximum atomic E-state index is 11.4. The van der Waals surface area contributed by atoms with Gasteiger partial charge in [-0.15, -0.1) is 0 Å². The molecule has 1 fully saturated rings. The lowest BCUT2D eigenvalue weighted by atomic mass is 9.61. The van der Waals surface area contributed by atoms with E-state index in [1.807, 2.05) is 51.1 Å². The first kappa shape index (κ1) is 18.4. The van der Waals surface area contributed by atoms with E-state index in [2.05, 4.69) is 0 Å².